The highest BCUT2D eigenvalue weighted by Crippen LogP contribution is 2.28. The molecule has 0 aliphatic carbocycles. The SMILES string of the molecule is CCC(C)(C)c1ccc2nc(CN)[nH]c2c1. The van der Waals surface area contributed by atoms with Gasteiger partial charge in [0.05, 0.1) is 17.6 Å². The third-order valence-corrected chi connectivity index (χ3v) is 3.39. The van der Waals surface area contributed by atoms with Gasteiger partial charge in [-0.3, -0.25) is 0 Å². The third kappa shape index (κ3) is 1.83. The van der Waals surface area contributed by atoms with Crippen LogP contribution in [0.3, 0.4) is 0 Å². The van der Waals surface area contributed by atoms with Gasteiger partial charge in [0.25, 0.3) is 0 Å². The minimum atomic E-state index is 0.210. The number of nitrogens with one attached hydrogen (secondary N) is 1. The molecule has 0 amide bonds. The van der Waals surface area contributed by atoms with Crippen LogP contribution in [0.1, 0.15) is 38.6 Å². The number of hydrogen-bond donors (Lipinski definition) is 2. The van der Waals surface area contributed by atoms with Gasteiger partial charge in [-0.25, -0.2) is 4.98 Å². The Balaban J connectivity index is 2.51. The van der Waals surface area contributed by atoms with Gasteiger partial charge in [0.1, 0.15) is 5.82 Å². The molecule has 2 rings (SSSR count). The van der Waals surface area contributed by atoms with Crippen LogP contribution in [-0.2, 0) is 12.0 Å². The van der Waals surface area contributed by atoms with E-state index >= 15 is 0 Å². The summed E-state index contributed by atoms with van der Waals surface area (Å²) in [7, 11) is 0. The lowest BCUT2D eigenvalue weighted by Crippen LogP contribution is -2.15. The van der Waals surface area contributed by atoms with Crippen molar-refractivity contribution in [2.75, 3.05) is 0 Å². The molecule has 1 aromatic carbocycles. The highest BCUT2D eigenvalue weighted by atomic mass is 14.9. The summed E-state index contributed by atoms with van der Waals surface area (Å²) < 4.78 is 0. The Morgan fingerprint density at radius 1 is 1.38 bits per heavy atom. The van der Waals surface area contributed by atoms with E-state index in [1.807, 2.05) is 0 Å². The number of aromatic amines is 1. The lowest BCUT2D eigenvalue weighted by atomic mass is 9.82. The number of aromatic nitrogens is 2. The van der Waals surface area contributed by atoms with Crippen molar-refractivity contribution in [2.45, 2.75) is 39.2 Å². The maximum absolute atomic E-state index is 5.57. The normalized spacial score (nSPS) is 12.2. The summed E-state index contributed by atoms with van der Waals surface area (Å²) in [4.78, 5) is 7.65. The second-order valence-corrected chi connectivity index (χ2v) is 4.86. The number of H-pyrrole nitrogens is 1. The number of rotatable bonds is 3. The number of nitrogens with two attached hydrogens (primary N) is 1. The minimum absolute atomic E-state index is 0.210. The molecule has 86 valence electrons. The van der Waals surface area contributed by atoms with Crippen LogP contribution in [0, 0.1) is 0 Å². The molecule has 1 heterocycles. The van der Waals surface area contributed by atoms with Crippen LogP contribution in [0.25, 0.3) is 11.0 Å². The highest BCUT2D eigenvalue weighted by molar-refractivity contribution is 5.76. The van der Waals surface area contributed by atoms with Crippen LogP contribution in [0.2, 0.25) is 0 Å². The molecular formula is C13H19N3. The number of hydrogen-bond acceptors (Lipinski definition) is 2. The monoisotopic (exact) mass is 217 g/mol. The first-order valence-corrected chi connectivity index (χ1v) is 5.76. The van der Waals surface area contributed by atoms with Crippen molar-refractivity contribution in [3.63, 3.8) is 0 Å². The van der Waals surface area contributed by atoms with Crippen LogP contribution < -0.4 is 5.73 Å². The van der Waals surface area contributed by atoms with Crippen molar-refractivity contribution < 1.29 is 0 Å². The number of nitrogens with zero attached hydrogens (tertiary/aromatic N) is 1. The summed E-state index contributed by atoms with van der Waals surface area (Å²) >= 11 is 0. The molecule has 0 atom stereocenters. The Bertz CT molecular complexity index is 497. The van der Waals surface area contributed by atoms with E-state index in [1.165, 1.54) is 5.56 Å². The molecule has 0 radical (unpaired) electrons. The summed E-state index contributed by atoms with van der Waals surface area (Å²) in [6, 6.07) is 6.41. The minimum Gasteiger partial charge on any atom is -0.341 e. The van der Waals surface area contributed by atoms with Gasteiger partial charge in [-0.2, -0.15) is 0 Å². The molecule has 0 bridgehead atoms. The van der Waals surface area contributed by atoms with Crippen molar-refractivity contribution in [1.29, 1.82) is 0 Å². The molecule has 16 heavy (non-hydrogen) atoms. The van der Waals surface area contributed by atoms with Crippen LogP contribution in [0.5, 0.6) is 0 Å². The van der Waals surface area contributed by atoms with Gasteiger partial charge in [0.2, 0.25) is 0 Å². The first-order chi connectivity index (χ1) is 7.56. The Kier molecular flexibility index (Phi) is 2.72. The molecular weight excluding hydrogens is 198 g/mol. The van der Waals surface area contributed by atoms with Gasteiger partial charge < -0.3 is 10.7 Å². The largest absolute Gasteiger partial charge is 0.341 e. The lowest BCUT2D eigenvalue weighted by molar-refractivity contribution is 0.507. The van der Waals surface area contributed by atoms with Crippen molar-refractivity contribution in [3.8, 4) is 0 Å². The van der Waals surface area contributed by atoms with Crippen LogP contribution in [0.15, 0.2) is 18.2 Å². The standard InChI is InChI=1S/C13H19N3/c1-4-13(2,3)9-5-6-10-11(7-9)16-12(8-14)15-10/h5-7H,4,8,14H2,1-3H3,(H,15,16). The summed E-state index contributed by atoms with van der Waals surface area (Å²) in [6.45, 7) is 7.19. The van der Waals surface area contributed by atoms with Crippen molar-refractivity contribution in [2.24, 2.45) is 5.73 Å². The van der Waals surface area contributed by atoms with Crippen molar-refractivity contribution in [1.82, 2.24) is 9.97 Å². The predicted molar refractivity (Wildman–Crippen MR) is 67.3 cm³/mol. The maximum Gasteiger partial charge on any atom is 0.121 e. The molecule has 3 N–H and O–H groups in total. The summed E-state index contributed by atoms with van der Waals surface area (Å²) in [5.41, 5.74) is 9.20. The lowest BCUT2D eigenvalue weighted by Gasteiger charge is -2.23. The van der Waals surface area contributed by atoms with Crippen molar-refractivity contribution >= 4 is 11.0 Å². The van der Waals surface area contributed by atoms with Crippen LogP contribution in [0.4, 0.5) is 0 Å². The molecule has 0 aliphatic rings. The average molecular weight is 217 g/mol. The molecule has 0 fully saturated rings. The second-order valence-electron chi connectivity index (χ2n) is 4.86. The van der Waals surface area contributed by atoms with E-state index in [0.29, 0.717) is 6.54 Å². The molecule has 0 aliphatic heterocycles. The third-order valence-electron chi connectivity index (χ3n) is 3.39. The van der Waals surface area contributed by atoms with E-state index in [2.05, 4.69) is 48.9 Å². The molecule has 3 nitrogen and oxygen atoms in total. The zero-order valence-corrected chi connectivity index (χ0v) is 10.2. The summed E-state index contributed by atoms with van der Waals surface area (Å²) in [6.07, 6.45) is 1.12. The van der Waals surface area contributed by atoms with E-state index in [9.17, 15) is 0 Å². The highest BCUT2D eigenvalue weighted by Gasteiger charge is 2.18. The van der Waals surface area contributed by atoms with Gasteiger partial charge in [-0.05, 0) is 29.5 Å². The molecule has 3 heteroatoms. The number of fused-ring (bicyclic) bond motifs is 1. The van der Waals surface area contributed by atoms with Gasteiger partial charge in [-0.1, -0.05) is 26.8 Å². The Hall–Kier alpha value is -1.35. The van der Waals surface area contributed by atoms with E-state index in [1.54, 1.807) is 0 Å². The first kappa shape index (κ1) is 11.1. The van der Waals surface area contributed by atoms with E-state index in [0.717, 1.165) is 23.3 Å². The average Bonchev–Trinajstić information content (AvgIpc) is 2.70. The Labute approximate surface area is 96.1 Å². The number of benzene rings is 1. The van der Waals surface area contributed by atoms with E-state index < -0.39 is 0 Å². The van der Waals surface area contributed by atoms with Crippen molar-refractivity contribution in [3.05, 3.63) is 29.6 Å². The molecule has 2 aromatic rings. The predicted octanol–water partition coefficient (Wildman–Crippen LogP) is 2.71. The Morgan fingerprint density at radius 3 is 2.75 bits per heavy atom. The molecule has 0 spiro atoms. The van der Waals surface area contributed by atoms with Gasteiger partial charge in [-0.15, -0.1) is 0 Å². The van der Waals surface area contributed by atoms with E-state index in [-0.39, 0.29) is 5.41 Å². The van der Waals surface area contributed by atoms with Crippen LogP contribution >= 0.6 is 0 Å². The fraction of sp³-hybridized carbons (Fsp3) is 0.462. The maximum atomic E-state index is 5.57. The molecule has 0 unspecified atom stereocenters. The summed E-state index contributed by atoms with van der Waals surface area (Å²) in [5.74, 6) is 0.849. The molecule has 0 saturated carbocycles. The van der Waals surface area contributed by atoms with Gasteiger partial charge >= 0.3 is 0 Å². The number of imidazole rings is 1. The second kappa shape index (κ2) is 3.91. The zero-order valence-electron chi connectivity index (χ0n) is 10.2. The fourth-order valence-corrected chi connectivity index (χ4v) is 1.78. The van der Waals surface area contributed by atoms with E-state index in [4.69, 9.17) is 5.73 Å². The zero-order chi connectivity index (χ0) is 11.8. The Morgan fingerprint density at radius 2 is 2.12 bits per heavy atom. The quantitative estimate of drug-likeness (QED) is 0.830. The molecule has 1 aromatic heterocycles. The van der Waals surface area contributed by atoms with Gasteiger partial charge in [0.15, 0.2) is 0 Å². The summed E-state index contributed by atoms with van der Waals surface area (Å²) in [5, 5.41) is 0. The topological polar surface area (TPSA) is 54.7 Å². The van der Waals surface area contributed by atoms with Gasteiger partial charge in [0, 0.05) is 0 Å². The fourth-order valence-electron chi connectivity index (χ4n) is 1.78. The molecule has 0 saturated heterocycles. The van der Waals surface area contributed by atoms with Crippen LogP contribution in [-0.4, -0.2) is 9.97 Å². The smallest absolute Gasteiger partial charge is 0.121 e. The first-order valence-electron chi connectivity index (χ1n) is 5.76.